The van der Waals surface area contributed by atoms with E-state index in [1.165, 1.54) is 20.9 Å². The summed E-state index contributed by atoms with van der Waals surface area (Å²) in [5.74, 6) is 0.313. The van der Waals surface area contributed by atoms with Gasteiger partial charge in [-0.05, 0) is 53.9 Å². The van der Waals surface area contributed by atoms with Crippen molar-refractivity contribution in [1.29, 1.82) is 0 Å². The lowest BCUT2D eigenvalue weighted by molar-refractivity contribution is 0.475. The summed E-state index contributed by atoms with van der Waals surface area (Å²) >= 11 is 1.77. The Bertz CT molecular complexity index is 688. The van der Waals surface area contributed by atoms with Crippen LogP contribution in [0.2, 0.25) is 0 Å². The van der Waals surface area contributed by atoms with Gasteiger partial charge < -0.3 is 5.11 Å². The van der Waals surface area contributed by atoms with Gasteiger partial charge >= 0.3 is 0 Å². The average Bonchev–Trinajstić information content (AvgIpc) is 2.53. The first-order chi connectivity index (χ1) is 10.3. The number of phenols is 1. The summed E-state index contributed by atoms with van der Waals surface area (Å²) in [6, 6.07) is 26.4. The van der Waals surface area contributed by atoms with Gasteiger partial charge in [0.05, 0.1) is 0 Å². The fourth-order valence-corrected chi connectivity index (χ4v) is 2.99. The summed E-state index contributed by atoms with van der Waals surface area (Å²) in [6.07, 6.45) is 0.885. The second-order valence-electron chi connectivity index (χ2n) is 4.90. The summed E-state index contributed by atoms with van der Waals surface area (Å²) in [4.78, 5) is 2.50. The van der Waals surface area contributed by atoms with Crippen LogP contribution in [-0.2, 0) is 6.42 Å². The Balaban J connectivity index is 1.68. The van der Waals surface area contributed by atoms with E-state index in [1.54, 1.807) is 23.9 Å². The van der Waals surface area contributed by atoms with Crippen LogP contribution in [0.5, 0.6) is 5.75 Å². The molecule has 0 radical (unpaired) electrons. The molecule has 3 aromatic rings. The molecule has 0 amide bonds. The molecular formula is C19H16OS. The van der Waals surface area contributed by atoms with Crippen LogP contribution in [-0.4, -0.2) is 5.11 Å². The van der Waals surface area contributed by atoms with Crippen LogP contribution in [0.1, 0.15) is 11.1 Å². The highest BCUT2D eigenvalue weighted by Gasteiger charge is 1.99. The molecule has 0 aromatic heterocycles. The monoisotopic (exact) mass is 292 g/mol. The standard InChI is InChI=1S/C19H16OS/c20-17-10-6-15(7-11-17)14-16-8-12-19(13-9-16)21-18-4-2-1-3-5-18/h1-13,20H,14H2. The van der Waals surface area contributed by atoms with E-state index in [0.29, 0.717) is 5.75 Å². The predicted molar refractivity (Wildman–Crippen MR) is 87.9 cm³/mol. The zero-order valence-electron chi connectivity index (χ0n) is 11.6. The van der Waals surface area contributed by atoms with E-state index in [1.807, 2.05) is 18.2 Å². The summed E-state index contributed by atoms with van der Waals surface area (Å²) < 4.78 is 0. The molecule has 0 aliphatic rings. The lowest BCUT2D eigenvalue weighted by Crippen LogP contribution is -1.87. The zero-order valence-corrected chi connectivity index (χ0v) is 12.4. The summed E-state index contributed by atoms with van der Waals surface area (Å²) in [7, 11) is 0. The molecule has 0 aliphatic heterocycles. The largest absolute Gasteiger partial charge is 0.508 e. The normalized spacial score (nSPS) is 10.5. The minimum absolute atomic E-state index is 0.313. The Labute approximate surface area is 129 Å². The van der Waals surface area contributed by atoms with E-state index >= 15 is 0 Å². The highest BCUT2D eigenvalue weighted by molar-refractivity contribution is 7.99. The summed E-state index contributed by atoms with van der Waals surface area (Å²) in [5.41, 5.74) is 2.48. The Morgan fingerprint density at radius 1 is 0.619 bits per heavy atom. The van der Waals surface area contributed by atoms with E-state index in [-0.39, 0.29) is 0 Å². The first-order valence-electron chi connectivity index (χ1n) is 6.89. The third kappa shape index (κ3) is 3.89. The molecule has 21 heavy (non-hydrogen) atoms. The SMILES string of the molecule is Oc1ccc(Cc2ccc(Sc3ccccc3)cc2)cc1. The molecule has 3 rings (SSSR count). The predicted octanol–water partition coefficient (Wildman–Crippen LogP) is 5.13. The highest BCUT2D eigenvalue weighted by atomic mass is 32.2. The zero-order chi connectivity index (χ0) is 14.5. The highest BCUT2D eigenvalue weighted by Crippen LogP contribution is 2.27. The molecule has 0 saturated heterocycles. The molecule has 0 bridgehead atoms. The van der Waals surface area contributed by atoms with E-state index in [0.717, 1.165) is 6.42 Å². The van der Waals surface area contributed by atoms with Gasteiger partial charge in [-0.2, -0.15) is 0 Å². The minimum Gasteiger partial charge on any atom is -0.508 e. The van der Waals surface area contributed by atoms with Gasteiger partial charge in [0.2, 0.25) is 0 Å². The lowest BCUT2D eigenvalue weighted by atomic mass is 10.1. The molecule has 0 unspecified atom stereocenters. The third-order valence-electron chi connectivity index (χ3n) is 3.25. The maximum Gasteiger partial charge on any atom is 0.115 e. The quantitative estimate of drug-likeness (QED) is 0.719. The second kappa shape index (κ2) is 6.51. The van der Waals surface area contributed by atoms with Crippen molar-refractivity contribution in [3.05, 3.63) is 90.0 Å². The van der Waals surface area contributed by atoms with E-state index in [2.05, 4.69) is 48.5 Å². The van der Waals surface area contributed by atoms with E-state index < -0.39 is 0 Å². The number of hydrogen-bond donors (Lipinski definition) is 1. The first kappa shape index (κ1) is 13.8. The van der Waals surface area contributed by atoms with Crippen molar-refractivity contribution in [3.8, 4) is 5.75 Å². The van der Waals surface area contributed by atoms with Gasteiger partial charge in [-0.1, -0.05) is 54.2 Å². The van der Waals surface area contributed by atoms with Gasteiger partial charge in [0.15, 0.2) is 0 Å². The van der Waals surface area contributed by atoms with Crippen molar-refractivity contribution in [1.82, 2.24) is 0 Å². The Morgan fingerprint density at radius 3 is 1.76 bits per heavy atom. The molecule has 3 aromatic carbocycles. The van der Waals surface area contributed by atoms with Crippen molar-refractivity contribution >= 4 is 11.8 Å². The topological polar surface area (TPSA) is 20.2 Å². The molecule has 2 heteroatoms. The van der Waals surface area contributed by atoms with Crippen LogP contribution >= 0.6 is 11.8 Å². The Morgan fingerprint density at radius 2 is 1.14 bits per heavy atom. The van der Waals surface area contributed by atoms with Crippen molar-refractivity contribution in [3.63, 3.8) is 0 Å². The van der Waals surface area contributed by atoms with Crippen molar-refractivity contribution in [2.75, 3.05) is 0 Å². The van der Waals surface area contributed by atoms with Crippen molar-refractivity contribution < 1.29 is 5.11 Å². The fraction of sp³-hybridized carbons (Fsp3) is 0.0526. The molecule has 0 fully saturated rings. The number of hydrogen-bond acceptors (Lipinski definition) is 2. The second-order valence-corrected chi connectivity index (χ2v) is 6.05. The van der Waals surface area contributed by atoms with E-state index in [4.69, 9.17) is 0 Å². The molecular weight excluding hydrogens is 276 g/mol. The summed E-state index contributed by atoms with van der Waals surface area (Å²) in [5, 5.41) is 9.30. The van der Waals surface area contributed by atoms with Crippen LogP contribution in [0.15, 0.2) is 88.7 Å². The first-order valence-corrected chi connectivity index (χ1v) is 7.71. The van der Waals surface area contributed by atoms with Crippen LogP contribution in [0.3, 0.4) is 0 Å². The molecule has 0 spiro atoms. The smallest absolute Gasteiger partial charge is 0.115 e. The van der Waals surface area contributed by atoms with Gasteiger partial charge in [-0.3, -0.25) is 0 Å². The van der Waals surface area contributed by atoms with Gasteiger partial charge in [-0.25, -0.2) is 0 Å². The van der Waals surface area contributed by atoms with Crippen molar-refractivity contribution in [2.24, 2.45) is 0 Å². The average molecular weight is 292 g/mol. The molecule has 0 saturated carbocycles. The van der Waals surface area contributed by atoms with E-state index in [9.17, 15) is 5.11 Å². The lowest BCUT2D eigenvalue weighted by Gasteiger charge is -2.05. The summed E-state index contributed by atoms with van der Waals surface area (Å²) in [6.45, 7) is 0. The molecule has 104 valence electrons. The molecule has 0 heterocycles. The maximum absolute atomic E-state index is 9.30. The van der Waals surface area contributed by atoms with Gasteiger partial charge in [0, 0.05) is 9.79 Å². The van der Waals surface area contributed by atoms with Crippen LogP contribution < -0.4 is 0 Å². The Hall–Kier alpha value is -2.19. The molecule has 1 nitrogen and oxygen atoms in total. The third-order valence-corrected chi connectivity index (χ3v) is 4.26. The van der Waals surface area contributed by atoms with Crippen LogP contribution in [0.4, 0.5) is 0 Å². The molecule has 0 atom stereocenters. The van der Waals surface area contributed by atoms with Crippen LogP contribution in [0.25, 0.3) is 0 Å². The Kier molecular flexibility index (Phi) is 4.27. The van der Waals surface area contributed by atoms with Gasteiger partial charge in [0.25, 0.3) is 0 Å². The number of rotatable bonds is 4. The fourth-order valence-electron chi connectivity index (χ4n) is 2.15. The molecule has 1 N–H and O–H groups in total. The number of phenolic OH excluding ortho intramolecular Hbond substituents is 1. The maximum atomic E-state index is 9.30. The van der Waals surface area contributed by atoms with Gasteiger partial charge in [-0.15, -0.1) is 0 Å². The minimum atomic E-state index is 0.313. The van der Waals surface area contributed by atoms with Crippen molar-refractivity contribution in [2.45, 2.75) is 16.2 Å². The molecule has 0 aliphatic carbocycles. The van der Waals surface area contributed by atoms with Crippen LogP contribution in [0, 0.1) is 0 Å². The number of aromatic hydroxyl groups is 1. The van der Waals surface area contributed by atoms with Gasteiger partial charge in [0.1, 0.15) is 5.75 Å². The number of benzene rings is 3.